The van der Waals surface area contributed by atoms with E-state index in [1.165, 1.54) is 6.42 Å². The predicted molar refractivity (Wildman–Crippen MR) is 59.6 cm³/mol. The third-order valence-corrected chi connectivity index (χ3v) is 3.39. The van der Waals surface area contributed by atoms with E-state index in [1.54, 1.807) is 0 Å². The second-order valence-electron chi connectivity index (χ2n) is 4.88. The van der Waals surface area contributed by atoms with Gasteiger partial charge in [0.15, 0.2) is 0 Å². The molecule has 0 aromatic carbocycles. The standard InChI is InChI=1S/C11H21N3O/c1-14-5-3-9(8-14)6-11(15)13-10-2-4-12-7-10/h9-10,12H,2-8H2,1H3,(H,13,15)/t9-,10+/m0/s1. The van der Waals surface area contributed by atoms with Crippen molar-refractivity contribution in [3.63, 3.8) is 0 Å². The number of likely N-dealkylation sites (tertiary alicyclic amines) is 1. The molecule has 0 bridgehead atoms. The third kappa shape index (κ3) is 3.18. The molecule has 0 saturated carbocycles. The van der Waals surface area contributed by atoms with Gasteiger partial charge in [0.25, 0.3) is 0 Å². The number of rotatable bonds is 3. The van der Waals surface area contributed by atoms with Crippen LogP contribution in [0.15, 0.2) is 0 Å². The van der Waals surface area contributed by atoms with E-state index in [-0.39, 0.29) is 5.91 Å². The zero-order valence-electron chi connectivity index (χ0n) is 9.46. The number of nitrogens with zero attached hydrogens (tertiary/aromatic N) is 1. The Kier molecular flexibility index (Phi) is 3.59. The molecule has 2 rings (SSSR count). The highest BCUT2D eigenvalue weighted by molar-refractivity contribution is 5.76. The van der Waals surface area contributed by atoms with Gasteiger partial charge < -0.3 is 15.5 Å². The summed E-state index contributed by atoms with van der Waals surface area (Å²) in [6.07, 6.45) is 2.96. The number of hydrogen-bond donors (Lipinski definition) is 2. The molecule has 1 amide bonds. The molecule has 2 fully saturated rings. The second-order valence-corrected chi connectivity index (χ2v) is 4.88. The summed E-state index contributed by atoms with van der Waals surface area (Å²) in [5, 5.41) is 6.36. The zero-order chi connectivity index (χ0) is 10.7. The fourth-order valence-electron chi connectivity index (χ4n) is 2.52. The molecule has 0 aromatic heterocycles. The first-order valence-electron chi connectivity index (χ1n) is 5.92. The number of carbonyl (C=O) groups excluding carboxylic acids is 1. The van der Waals surface area contributed by atoms with Crippen molar-refractivity contribution in [2.75, 3.05) is 33.2 Å². The van der Waals surface area contributed by atoms with Crippen molar-refractivity contribution < 1.29 is 4.79 Å². The van der Waals surface area contributed by atoms with Crippen molar-refractivity contribution in [1.82, 2.24) is 15.5 Å². The minimum Gasteiger partial charge on any atom is -0.352 e. The van der Waals surface area contributed by atoms with Gasteiger partial charge >= 0.3 is 0 Å². The molecule has 4 nitrogen and oxygen atoms in total. The van der Waals surface area contributed by atoms with Gasteiger partial charge in [-0.15, -0.1) is 0 Å². The Hall–Kier alpha value is -0.610. The number of hydrogen-bond acceptors (Lipinski definition) is 3. The van der Waals surface area contributed by atoms with E-state index in [1.807, 2.05) is 0 Å². The van der Waals surface area contributed by atoms with Crippen molar-refractivity contribution in [3.8, 4) is 0 Å². The van der Waals surface area contributed by atoms with Crippen LogP contribution in [0, 0.1) is 5.92 Å². The van der Waals surface area contributed by atoms with E-state index in [0.29, 0.717) is 18.4 Å². The summed E-state index contributed by atoms with van der Waals surface area (Å²) in [5.41, 5.74) is 0. The fourth-order valence-corrected chi connectivity index (χ4v) is 2.52. The van der Waals surface area contributed by atoms with Gasteiger partial charge in [-0.25, -0.2) is 0 Å². The Morgan fingerprint density at radius 1 is 1.53 bits per heavy atom. The Morgan fingerprint density at radius 3 is 3.00 bits per heavy atom. The molecule has 2 saturated heterocycles. The van der Waals surface area contributed by atoms with Crippen molar-refractivity contribution in [3.05, 3.63) is 0 Å². The van der Waals surface area contributed by atoms with E-state index in [4.69, 9.17) is 0 Å². The highest BCUT2D eigenvalue weighted by atomic mass is 16.1. The summed E-state index contributed by atoms with van der Waals surface area (Å²) >= 11 is 0. The lowest BCUT2D eigenvalue weighted by Gasteiger charge is -2.14. The Morgan fingerprint density at radius 2 is 2.40 bits per heavy atom. The highest BCUT2D eigenvalue weighted by Crippen LogP contribution is 2.17. The maximum atomic E-state index is 11.7. The molecule has 0 unspecified atom stereocenters. The van der Waals surface area contributed by atoms with Crippen LogP contribution in [-0.4, -0.2) is 50.1 Å². The molecule has 0 aliphatic carbocycles. The summed E-state index contributed by atoms with van der Waals surface area (Å²) in [6.45, 7) is 4.20. The summed E-state index contributed by atoms with van der Waals surface area (Å²) < 4.78 is 0. The lowest BCUT2D eigenvalue weighted by molar-refractivity contribution is -0.122. The van der Waals surface area contributed by atoms with E-state index in [9.17, 15) is 4.79 Å². The van der Waals surface area contributed by atoms with Gasteiger partial charge in [0.1, 0.15) is 0 Å². The first-order chi connectivity index (χ1) is 7.24. The van der Waals surface area contributed by atoms with Crippen LogP contribution in [0.4, 0.5) is 0 Å². The third-order valence-electron chi connectivity index (χ3n) is 3.39. The van der Waals surface area contributed by atoms with E-state index < -0.39 is 0 Å². The molecule has 2 N–H and O–H groups in total. The summed E-state index contributed by atoms with van der Waals surface area (Å²) in [4.78, 5) is 14.0. The number of nitrogens with one attached hydrogen (secondary N) is 2. The molecule has 0 aromatic rings. The minimum absolute atomic E-state index is 0.240. The highest BCUT2D eigenvalue weighted by Gasteiger charge is 2.23. The Labute approximate surface area is 91.4 Å². The molecule has 2 aliphatic rings. The Balaban J connectivity index is 1.67. The van der Waals surface area contributed by atoms with Crippen LogP contribution in [0.1, 0.15) is 19.3 Å². The van der Waals surface area contributed by atoms with Crippen LogP contribution in [0.5, 0.6) is 0 Å². The van der Waals surface area contributed by atoms with Crippen molar-refractivity contribution >= 4 is 5.91 Å². The monoisotopic (exact) mass is 211 g/mol. The first kappa shape index (κ1) is 10.9. The van der Waals surface area contributed by atoms with Crippen LogP contribution in [-0.2, 0) is 4.79 Å². The van der Waals surface area contributed by atoms with E-state index in [2.05, 4.69) is 22.6 Å². The van der Waals surface area contributed by atoms with Gasteiger partial charge in [-0.2, -0.15) is 0 Å². The number of carbonyl (C=O) groups is 1. The van der Waals surface area contributed by atoms with Crippen LogP contribution in [0.25, 0.3) is 0 Å². The molecule has 0 radical (unpaired) electrons. The maximum Gasteiger partial charge on any atom is 0.220 e. The molecule has 2 atom stereocenters. The van der Waals surface area contributed by atoms with E-state index in [0.717, 1.165) is 32.6 Å². The lowest BCUT2D eigenvalue weighted by atomic mass is 10.0. The molecule has 4 heteroatoms. The van der Waals surface area contributed by atoms with Crippen LogP contribution in [0.3, 0.4) is 0 Å². The SMILES string of the molecule is CN1CC[C@@H](CC(=O)N[C@@H]2CCNC2)C1. The average molecular weight is 211 g/mol. The summed E-state index contributed by atoms with van der Waals surface area (Å²) in [6, 6.07) is 0.372. The summed E-state index contributed by atoms with van der Waals surface area (Å²) in [5.74, 6) is 0.813. The van der Waals surface area contributed by atoms with Gasteiger partial charge in [0.2, 0.25) is 5.91 Å². The van der Waals surface area contributed by atoms with Gasteiger partial charge in [0, 0.05) is 25.6 Å². The predicted octanol–water partition coefficient (Wildman–Crippen LogP) is -0.194. The van der Waals surface area contributed by atoms with Crippen molar-refractivity contribution in [2.45, 2.75) is 25.3 Å². The Bertz CT molecular complexity index is 226. The molecule has 86 valence electrons. The van der Waals surface area contributed by atoms with Gasteiger partial charge in [-0.3, -0.25) is 4.79 Å². The first-order valence-corrected chi connectivity index (χ1v) is 5.92. The molecular formula is C11H21N3O. The molecule has 15 heavy (non-hydrogen) atoms. The minimum atomic E-state index is 0.240. The van der Waals surface area contributed by atoms with Crippen LogP contribution < -0.4 is 10.6 Å². The fraction of sp³-hybridized carbons (Fsp3) is 0.909. The lowest BCUT2D eigenvalue weighted by Crippen LogP contribution is -2.37. The normalized spacial score (nSPS) is 32.1. The van der Waals surface area contributed by atoms with Crippen LogP contribution >= 0.6 is 0 Å². The topological polar surface area (TPSA) is 44.4 Å². The smallest absolute Gasteiger partial charge is 0.220 e. The van der Waals surface area contributed by atoms with Crippen molar-refractivity contribution in [1.29, 1.82) is 0 Å². The molecule has 0 spiro atoms. The summed E-state index contributed by atoms with van der Waals surface area (Å²) in [7, 11) is 2.12. The van der Waals surface area contributed by atoms with Gasteiger partial charge in [0.05, 0.1) is 0 Å². The van der Waals surface area contributed by atoms with Gasteiger partial charge in [-0.05, 0) is 38.9 Å². The number of amides is 1. The van der Waals surface area contributed by atoms with E-state index >= 15 is 0 Å². The zero-order valence-corrected chi connectivity index (χ0v) is 9.46. The second kappa shape index (κ2) is 4.94. The quantitative estimate of drug-likeness (QED) is 0.680. The largest absolute Gasteiger partial charge is 0.352 e. The van der Waals surface area contributed by atoms with Crippen LogP contribution in [0.2, 0.25) is 0 Å². The van der Waals surface area contributed by atoms with Crippen molar-refractivity contribution in [2.24, 2.45) is 5.92 Å². The average Bonchev–Trinajstić information content (AvgIpc) is 2.77. The molecular weight excluding hydrogens is 190 g/mol. The molecule has 2 aliphatic heterocycles. The molecule has 2 heterocycles. The van der Waals surface area contributed by atoms with Gasteiger partial charge in [-0.1, -0.05) is 0 Å². The maximum absolute atomic E-state index is 11.7.